The van der Waals surface area contributed by atoms with Gasteiger partial charge in [-0.3, -0.25) is 0 Å². The van der Waals surface area contributed by atoms with E-state index in [9.17, 15) is 0 Å². The molecule has 10 heteroatoms. The number of anilines is 6. The van der Waals surface area contributed by atoms with Gasteiger partial charge < -0.3 is 45.1 Å². The summed E-state index contributed by atoms with van der Waals surface area (Å²) in [6.45, 7) is 9.38. The van der Waals surface area contributed by atoms with Crippen molar-refractivity contribution in [3.63, 3.8) is 0 Å². The summed E-state index contributed by atoms with van der Waals surface area (Å²) in [6.07, 6.45) is 0. The predicted octanol–water partition coefficient (Wildman–Crippen LogP) is 31.8. The van der Waals surface area contributed by atoms with E-state index in [2.05, 4.69) is 304 Å². The van der Waals surface area contributed by atoms with E-state index in [4.69, 9.17) is 35.3 Å². The number of hydrogen-bond acceptors (Lipinski definition) is 10. The molecule has 0 N–H and O–H groups in total. The molecule has 0 spiro atoms. The standard InChI is InChI=1S/C108H64N2O8/c1-107(2)77-41-43-89-99(73-21-9-13-25-85(73)113-89)101(77)103-79(107)55-81(97-71-19-7-15-27-87(71)117-105(97)103)109(65-35-33-57-45-63(31-29-59(57)47-65)91-49-61-17-5-11-23-83(61)111-91)67-37-39-69-75-53-96-76(54-95(75)115-93(69)51-67)70-40-38-68(52-94(70)116-96)110(66-36-34-58-46-64(32-30-60(58)48-66)92-50-62-18-6-12-24-84(62)112-92)82-56-80-104(106-98(82)72-20-8-16-28-88(72)118-106)102-78(108(80,3)4)42-44-90-100(102)74-22-10-14-26-86(74)114-90/h5-56H,1-4H3. The topological polar surface area (TPSA) is 112 Å². The molecule has 17 aromatic carbocycles. The summed E-state index contributed by atoms with van der Waals surface area (Å²) in [5.41, 5.74) is 27.5. The molecule has 0 fully saturated rings. The maximum absolute atomic E-state index is 7.33. The summed E-state index contributed by atoms with van der Waals surface area (Å²) >= 11 is 0. The average Bonchev–Trinajstić information content (AvgIpc) is 1.50. The van der Waals surface area contributed by atoms with E-state index in [1.807, 2.05) is 48.5 Å². The van der Waals surface area contributed by atoms with Crippen LogP contribution in [0, 0.1) is 0 Å². The van der Waals surface area contributed by atoms with Gasteiger partial charge in [0, 0.05) is 144 Å². The van der Waals surface area contributed by atoms with Crippen LogP contribution in [0.4, 0.5) is 34.1 Å². The van der Waals surface area contributed by atoms with E-state index >= 15 is 0 Å². The van der Waals surface area contributed by atoms with E-state index in [1.165, 1.54) is 22.3 Å². The molecule has 118 heavy (non-hydrogen) atoms. The van der Waals surface area contributed by atoms with Crippen LogP contribution < -0.4 is 9.80 Å². The van der Waals surface area contributed by atoms with Crippen LogP contribution in [0.2, 0.25) is 0 Å². The maximum Gasteiger partial charge on any atom is 0.145 e. The number of furan rings is 8. The number of fused-ring (bicyclic) bond motifs is 32. The van der Waals surface area contributed by atoms with Crippen LogP contribution in [0.5, 0.6) is 0 Å². The fourth-order valence-electron chi connectivity index (χ4n) is 20.5. The molecule has 554 valence electrons. The highest BCUT2D eigenvalue weighted by Gasteiger charge is 2.44. The summed E-state index contributed by atoms with van der Waals surface area (Å²) < 4.78 is 55.3. The fraction of sp³-hybridized carbons (Fsp3) is 0.0556. The Labute approximate surface area is 671 Å². The summed E-state index contributed by atoms with van der Waals surface area (Å²) in [6, 6.07) is 112. The minimum atomic E-state index is -0.450. The van der Waals surface area contributed by atoms with Crippen LogP contribution in [0.3, 0.4) is 0 Å². The lowest BCUT2D eigenvalue weighted by molar-refractivity contribution is 0.631. The molecule has 2 aliphatic carbocycles. The smallest absolute Gasteiger partial charge is 0.145 e. The quantitative estimate of drug-likeness (QED) is 0.146. The first-order valence-corrected chi connectivity index (χ1v) is 40.3. The van der Waals surface area contributed by atoms with E-state index in [0.717, 1.165) is 254 Å². The van der Waals surface area contributed by atoms with Crippen molar-refractivity contribution in [1.29, 1.82) is 0 Å². The molecule has 8 aromatic heterocycles. The maximum atomic E-state index is 7.33. The van der Waals surface area contributed by atoms with Crippen molar-refractivity contribution in [3.05, 3.63) is 338 Å². The molecule has 2 aliphatic rings. The van der Waals surface area contributed by atoms with Crippen molar-refractivity contribution < 1.29 is 35.3 Å². The Hall–Kier alpha value is -15.3. The zero-order valence-corrected chi connectivity index (χ0v) is 64.2. The van der Waals surface area contributed by atoms with Gasteiger partial charge in [-0.2, -0.15) is 0 Å². The predicted molar refractivity (Wildman–Crippen MR) is 480 cm³/mol. The first kappa shape index (κ1) is 64.2. The zero-order valence-electron chi connectivity index (χ0n) is 64.2. The van der Waals surface area contributed by atoms with Crippen LogP contribution in [0.25, 0.3) is 220 Å². The van der Waals surface area contributed by atoms with Gasteiger partial charge in [0.15, 0.2) is 0 Å². The molecule has 0 saturated heterocycles. The molecule has 0 aliphatic heterocycles. The number of rotatable bonds is 8. The van der Waals surface area contributed by atoms with Gasteiger partial charge >= 0.3 is 0 Å². The summed E-state index contributed by atoms with van der Waals surface area (Å²) in [5, 5.41) is 18.7. The molecule has 0 bridgehead atoms. The molecular weight excluding hydrogens is 1450 g/mol. The highest BCUT2D eigenvalue weighted by molar-refractivity contribution is 6.27. The lowest BCUT2D eigenvalue weighted by Gasteiger charge is -2.29. The second-order valence-electron chi connectivity index (χ2n) is 33.3. The second kappa shape index (κ2) is 22.8. The van der Waals surface area contributed by atoms with E-state index < -0.39 is 10.8 Å². The number of nitrogens with zero attached hydrogens (tertiary/aromatic N) is 2. The van der Waals surface area contributed by atoms with E-state index in [1.54, 1.807) is 0 Å². The van der Waals surface area contributed by atoms with Crippen molar-refractivity contribution in [3.8, 4) is 44.9 Å². The molecule has 0 amide bonds. The minimum absolute atomic E-state index is 0.450. The fourth-order valence-corrected chi connectivity index (χ4v) is 20.5. The SMILES string of the molecule is CC1(C)c2cc(N(c3ccc4cc(-c5cc6ccccc6o5)ccc4c3)c3ccc4c(c3)oc3cc5c(cc34)oc3cc(N(c4ccc6cc(-c7cc8ccccc8o7)ccc6c4)c4cc6c(c7oc8ccccc8c47)-c4c(ccc7oc8ccccc8c47)C6(C)C)ccc35)c3c(oc4ccccc43)c2-c2c1ccc1oc3ccccc3c21. The molecule has 27 rings (SSSR count). The molecule has 8 heterocycles. The first-order valence-electron chi connectivity index (χ1n) is 40.3. The lowest BCUT2D eigenvalue weighted by atomic mass is 9.81. The highest BCUT2D eigenvalue weighted by Crippen LogP contribution is 2.62. The third-order valence-corrected chi connectivity index (χ3v) is 26.2. The Morgan fingerprint density at radius 3 is 0.983 bits per heavy atom. The van der Waals surface area contributed by atoms with Gasteiger partial charge in [0.1, 0.15) is 89.7 Å². The number of para-hydroxylation sites is 6. The Kier molecular flexibility index (Phi) is 12.4. The summed E-state index contributed by atoms with van der Waals surface area (Å²) in [5.74, 6) is 1.66. The van der Waals surface area contributed by atoms with Gasteiger partial charge in [-0.25, -0.2) is 0 Å². The molecule has 25 aromatic rings. The van der Waals surface area contributed by atoms with Crippen molar-refractivity contribution >= 4 is 209 Å². The second-order valence-corrected chi connectivity index (χ2v) is 33.3. The van der Waals surface area contributed by atoms with Gasteiger partial charge in [0.25, 0.3) is 0 Å². The number of hydrogen-bond donors (Lipinski definition) is 0. The van der Waals surface area contributed by atoms with Crippen LogP contribution in [0.15, 0.2) is 351 Å². The average molecular weight is 1520 g/mol. The van der Waals surface area contributed by atoms with E-state index in [0.29, 0.717) is 0 Å². The molecular formula is C108H64N2O8. The highest BCUT2D eigenvalue weighted by atomic mass is 16.4. The third-order valence-electron chi connectivity index (χ3n) is 26.2. The molecule has 0 atom stereocenters. The Bertz CT molecular complexity index is 8240. The number of benzene rings is 17. The Morgan fingerprint density at radius 2 is 0.551 bits per heavy atom. The van der Waals surface area contributed by atoms with Crippen LogP contribution >= 0.6 is 0 Å². The molecule has 0 saturated carbocycles. The van der Waals surface area contributed by atoms with Gasteiger partial charge in [-0.1, -0.05) is 185 Å². The Morgan fingerprint density at radius 1 is 0.203 bits per heavy atom. The summed E-state index contributed by atoms with van der Waals surface area (Å²) in [4.78, 5) is 4.82. The van der Waals surface area contributed by atoms with Gasteiger partial charge in [-0.15, -0.1) is 0 Å². The van der Waals surface area contributed by atoms with Gasteiger partial charge in [-0.05, 0) is 189 Å². The van der Waals surface area contributed by atoms with E-state index in [-0.39, 0.29) is 0 Å². The van der Waals surface area contributed by atoms with Crippen molar-refractivity contribution in [2.24, 2.45) is 0 Å². The van der Waals surface area contributed by atoms with Crippen molar-refractivity contribution in [2.45, 2.75) is 38.5 Å². The minimum Gasteiger partial charge on any atom is -0.456 e. The molecule has 10 nitrogen and oxygen atoms in total. The van der Waals surface area contributed by atoms with Crippen molar-refractivity contribution in [2.75, 3.05) is 9.80 Å². The largest absolute Gasteiger partial charge is 0.456 e. The van der Waals surface area contributed by atoms with Gasteiger partial charge in [0.05, 0.1) is 22.1 Å². The molecule has 0 radical (unpaired) electrons. The normalized spacial score (nSPS) is 13.7. The lowest BCUT2D eigenvalue weighted by Crippen LogP contribution is -2.17. The molecule has 0 unspecified atom stereocenters. The summed E-state index contributed by atoms with van der Waals surface area (Å²) in [7, 11) is 0. The Balaban J connectivity index is 0.634. The zero-order chi connectivity index (χ0) is 77.4. The monoisotopic (exact) mass is 1520 g/mol. The third kappa shape index (κ3) is 8.73. The first-order chi connectivity index (χ1) is 57.9. The van der Waals surface area contributed by atoms with Crippen LogP contribution in [-0.4, -0.2) is 0 Å². The van der Waals surface area contributed by atoms with Crippen LogP contribution in [-0.2, 0) is 10.8 Å². The van der Waals surface area contributed by atoms with Crippen LogP contribution in [0.1, 0.15) is 49.9 Å². The van der Waals surface area contributed by atoms with Gasteiger partial charge in [0.2, 0.25) is 0 Å². The van der Waals surface area contributed by atoms with Crippen molar-refractivity contribution in [1.82, 2.24) is 0 Å².